The van der Waals surface area contributed by atoms with Crippen molar-refractivity contribution in [2.45, 2.75) is 25.3 Å². The van der Waals surface area contributed by atoms with Crippen LogP contribution in [0.2, 0.25) is 0 Å². The number of likely N-dealkylation sites (N-methyl/N-ethyl adjacent to an activating group) is 1. The van der Waals surface area contributed by atoms with E-state index in [0.717, 1.165) is 26.2 Å². The van der Waals surface area contributed by atoms with Gasteiger partial charge in [-0.05, 0) is 26.3 Å². The van der Waals surface area contributed by atoms with Gasteiger partial charge in [0.1, 0.15) is 0 Å². The van der Waals surface area contributed by atoms with Gasteiger partial charge in [-0.15, -0.1) is 0 Å². The van der Waals surface area contributed by atoms with Crippen LogP contribution in [0.3, 0.4) is 0 Å². The Kier molecular flexibility index (Phi) is 3.59. The van der Waals surface area contributed by atoms with Crippen molar-refractivity contribution in [3.8, 4) is 0 Å². The van der Waals surface area contributed by atoms with Gasteiger partial charge in [-0.25, -0.2) is 0 Å². The molecular formula is C11H20N2O2. The second-order valence-electron chi connectivity index (χ2n) is 4.68. The van der Waals surface area contributed by atoms with E-state index < -0.39 is 0 Å². The summed E-state index contributed by atoms with van der Waals surface area (Å²) in [6.07, 6.45) is 3.58. The van der Waals surface area contributed by atoms with E-state index in [1.807, 2.05) is 7.05 Å². The minimum Gasteiger partial charge on any atom is -0.381 e. The minimum absolute atomic E-state index is 0.149. The number of amides is 1. The third-order valence-electron chi connectivity index (χ3n) is 3.18. The van der Waals surface area contributed by atoms with Crippen molar-refractivity contribution in [3.63, 3.8) is 0 Å². The summed E-state index contributed by atoms with van der Waals surface area (Å²) in [5, 5.41) is 2.98. The maximum absolute atomic E-state index is 11.5. The van der Waals surface area contributed by atoms with E-state index >= 15 is 0 Å². The molecule has 1 N–H and O–H groups in total. The number of carbonyl (C=O) groups is 1. The zero-order valence-corrected chi connectivity index (χ0v) is 9.37. The van der Waals surface area contributed by atoms with Crippen LogP contribution >= 0.6 is 0 Å². The van der Waals surface area contributed by atoms with Gasteiger partial charge in [-0.1, -0.05) is 0 Å². The normalized spacial score (nSPS) is 25.9. The van der Waals surface area contributed by atoms with Crippen LogP contribution in [0.4, 0.5) is 0 Å². The molecule has 1 saturated carbocycles. The van der Waals surface area contributed by atoms with E-state index in [0.29, 0.717) is 18.5 Å². The van der Waals surface area contributed by atoms with Gasteiger partial charge in [-0.3, -0.25) is 9.69 Å². The van der Waals surface area contributed by atoms with Gasteiger partial charge in [0.15, 0.2) is 0 Å². The van der Waals surface area contributed by atoms with Gasteiger partial charge < -0.3 is 10.1 Å². The Balaban J connectivity index is 1.59. The SMILES string of the molecule is CN(CC(=O)NCC1CCOC1)C1CC1. The lowest BCUT2D eigenvalue weighted by molar-refractivity contribution is -0.122. The lowest BCUT2D eigenvalue weighted by Crippen LogP contribution is -2.38. The molecule has 0 radical (unpaired) electrons. The van der Waals surface area contributed by atoms with Crippen LogP contribution in [-0.4, -0.2) is 50.2 Å². The van der Waals surface area contributed by atoms with Gasteiger partial charge in [0.2, 0.25) is 5.91 Å². The first-order chi connectivity index (χ1) is 7.25. The van der Waals surface area contributed by atoms with Crippen molar-refractivity contribution in [1.82, 2.24) is 10.2 Å². The topological polar surface area (TPSA) is 41.6 Å². The smallest absolute Gasteiger partial charge is 0.234 e. The van der Waals surface area contributed by atoms with Crippen molar-refractivity contribution in [1.29, 1.82) is 0 Å². The molecule has 2 aliphatic rings. The van der Waals surface area contributed by atoms with Crippen LogP contribution < -0.4 is 5.32 Å². The highest BCUT2D eigenvalue weighted by atomic mass is 16.5. The fourth-order valence-electron chi connectivity index (χ4n) is 1.93. The molecule has 1 aliphatic heterocycles. The molecule has 0 bridgehead atoms. The fraction of sp³-hybridized carbons (Fsp3) is 0.909. The molecule has 2 rings (SSSR count). The Morgan fingerprint density at radius 1 is 1.47 bits per heavy atom. The molecule has 0 spiro atoms. The fourth-order valence-corrected chi connectivity index (χ4v) is 1.93. The van der Waals surface area contributed by atoms with Crippen LogP contribution in [-0.2, 0) is 9.53 Å². The molecule has 1 aliphatic carbocycles. The highest BCUT2D eigenvalue weighted by molar-refractivity contribution is 5.78. The van der Waals surface area contributed by atoms with Crippen LogP contribution in [0, 0.1) is 5.92 Å². The van der Waals surface area contributed by atoms with Gasteiger partial charge in [0, 0.05) is 25.1 Å². The summed E-state index contributed by atoms with van der Waals surface area (Å²) >= 11 is 0. The number of rotatable bonds is 5. The average Bonchev–Trinajstić information content (AvgIpc) is 2.93. The molecule has 2 fully saturated rings. The van der Waals surface area contributed by atoms with Crippen molar-refractivity contribution >= 4 is 5.91 Å². The summed E-state index contributed by atoms with van der Waals surface area (Å²) in [6.45, 7) is 2.97. The van der Waals surface area contributed by atoms with E-state index in [4.69, 9.17) is 4.74 Å². The van der Waals surface area contributed by atoms with Crippen LogP contribution in [0.1, 0.15) is 19.3 Å². The summed E-state index contributed by atoms with van der Waals surface area (Å²) in [5.41, 5.74) is 0. The van der Waals surface area contributed by atoms with Gasteiger partial charge in [0.05, 0.1) is 13.2 Å². The zero-order chi connectivity index (χ0) is 10.7. The molecule has 15 heavy (non-hydrogen) atoms. The van der Waals surface area contributed by atoms with Crippen molar-refractivity contribution in [3.05, 3.63) is 0 Å². The molecule has 1 amide bonds. The van der Waals surface area contributed by atoms with Gasteiger partial charge >= 0.3 is 0 Å². The average molecular weight is 212 g/mol. The molecule has 0 aromatic rings. The maximum Gasteiger partial charge on any atom is 0.234 e. The zero-order valence-electron chi connectivity index (χ0n) is 9.37. The van der Waals surface area contributed by atoms with Crippen molar-refractivity contribution in [2.75, 3.05) is 33.4 Å². The Hall–Kier alpha value is -0.610. The largest absolute Gasteiger partial charge is 0.381 e. The molecule has 1 unspecified atom stereocenters. The first-order valence-corrected chi connectivity index (χ1v) is 5.80. The Morgan fingerprint density at radius 2 is 2.27 bits per heavy atom. The predicted octanol–water partition coefficient (Wildman–Crippen LogP) is 0.233. The number of carbonyl (C=O) groups excluding carboxylic acids is 1. The number of nitrogens with one attached hydrogen (secondary N) is 1. The lowest BCUT2D eigenvalue weighted by Gasteiger charge is -2.16. The molecule has 0 aromatic heterocycles. The Morgan fingerprint density at radius 3 is 2.87 bits per heavy atom. The van der Waals surface area contributed by atoms with E-state index in [9.17, 15) is 4.79 Å². The number of nitrogens with zero attached hydrogens (tertiary/aromatic N) is 1. The third kappa shape index (κ3) is 3.47. The number of hydrogen-bond acceptors (Lipinski definition) is 3. The first-order valence-electron chi connectivity index (χ1n) is 5.80. The lowest BCUT2D eigenvalue weighted by atomic mass is 10.1. The van der Waals surface area contributed by atoms with E-state index in [2.05, 4.69) is 10.2 Å². The van der Waals surface area contributed by atoms with Crippen LogP contribution in [0.5, 0.6) is 0 Å². The standard InChI is InChI=1S/C11H20N2O2/c1-13(10-2-3-10)7-11(14)12-6-9-4-5-15-8-9/h9-10H,2-8H2,1H3,(H,12,14). The number of ether oxygens (including phenoxy) is 1. The Labute approximate surface area is 91.0 Å². The molecule has 0 aromatic carbocycles. The van der Waals surface area contributed by atoms with Crippen molar-refractivity contribution in [2.24, 2.45) is 5.92 Å². The monoisotopic (exact) mass is 212 g/mol. The van der Waals surface area contributed by atoms with Gasteiger partial charge in [0.25, 0.3) is 0 Å². The summed E-state index contributed by atoms with van der Waals surface area (Å²) < 4.78 is 5.26. The second-order valence-corrected chi connectivity index (χ2v) is 4.68. The summed E-state index contributed by atoms with van der Waals surface area (Å²) in [7, 11) is 2.02. The van der Waals surface area contributed by atoms with E-state index in [1.165, 1.54) is 12.8 Å². The summed E-state index contributed by atoms with van der Waals surface area (Å²) in [6, 6.07) is 0.658. The summed E-state index contributed by atoms with van der Waals surface area (Å²) in [4.78, 5) is 13.7. The molecule has 1 heterocycles. The van der Waals surface area contributed by atoms with Crippen LogP contribution in [0.15, 0.2) is 0 Å². The van der Waals surface area contributed by atoms with E-state index in [-0.39, 0.29) is 5.91 Å². The molecule has 1 atom stereocenters. The second kappa shape index (κ2) is 4.94. The van der Waals surface area contributed by atoms with Gasteiger partial charge in [-0.2, -0.15) is 0 Å². The molecule has 4 heteroatoms. The highest BCUT2D eigenvalue weighted by Crippen LogP contribution is 2.24. The molecule has 4 nitrogen and oxygen atoms in total. The quantitative estimate of drug-likeness (QED) is 0.709. The van der Waals surface area contributed by atoms with Crippen molar-refractivity contribution < 1.29 is 9.53 Å². The van der Waals surface area contributed by atoms with Crippen LogP contribution in [0.25, 0.3) is 0 Å². The summed E-state index contributed by atoms with van der Waals surface area (Å²) in [5.74, 6) is 0.677. The first kappa shape index (κ1) is 10.9. The third-order valence-corrected chi connectivity index (χ3v) is 3.18. The molecular weight excluding hydrogens is 192 g/mol. The minimum atomic E-state index is 0.149. The molecule has 86 valence electrons. The highest BCUT2D eigenvalue weighted by Gasteiger charge is 2.27. The Bertz CT molecular complexity index is 223. The van der Waals surface area contributed by atoms with E-state index in [1.54, 1.807) is 0 Å². The maximum atomic E-state index is 11.5. The predicted molar refractivity (Wildman–Crippen MR) is 57.6 cm³/mol. The molecule has 1 saturated heterocycles. The number of hydrogen-bond donors (Lipinski definition) is 1.